The van der Waals surface area contributed by atoms with Gasteiger partial charge in [-0.15, -0.1) is 0 Å². The Bertz CT molecular complexity index is 1590. The predicted octanol–water partition coefficient (Wildman–Crippen LogP) is 5.96. The molecule has 1 atom stereocenters. The quantitative estimate of drug-likeness (QED) is 0.105. The number of carbonyl (C=O) groups is 5. The molecule has 12 heteroatoms. The fourth-order valence-electron chi connectivity index (χ4n) is 5.48. The molecule has 0 heterocycles. The maximum atomic E-state index is 14.0. The standard InChI is InChI=1S/C41H55N5O7/c1-31-18-15-16-23-34(31)46(37(48)29-45-36(47)24-14-6-5-7-17-25-43-40(51)53-41(2,3)4)35(28-32-19-10-8-11-20-32)38(49)42-26-27-44-39(50)52-30-33-21-12-9-13-22-33/h8-13,15-16,18-23,35H,5-7,14,17,24-30H2,1-4H3,(H,42,49)(H,43,51)(H,44,50)(H,45,47)/t35-/m0/s1. The van der Waals surface area contributed by atoms with Crippen LogP contribution in [-0.2, 0) is 36.9 Å². The summed E-state index contributed by atoms with van der Waals surface area (Å²) < 4.78 is 10.5. The summed E-state index contributed by atoms with van der Waals surface area (Å²) in [7, 11) is 0. The Labute approximate surface area is 313 Å². The van der Waals surface area contributed by atoms with E-state index in [1.165, 1.54) is 4.90 Å². The molecule has 0 spiro atoms. The molecule has 5 amide bonds. The second kappa shape index (κ2) is 22.5. The first-order valence-electron chi connectivity index (χ1n) is 18.3. The van der Waals surface area contributed by atoms with Crippen LogP contribution in [0.3, 0.4) is 0 Å². The fourth-order valence-corrected chi connectivity index (χ4v) is 5.48. The van der Waals surface area contributed by atoms with E-state index < -0.39 is 35.6 Å². The van der Waals surface area contributed by atoms with E-state index in [4.69, 9.17) is 9.47 Å². The van der Waals surface area contributed by atoms with Gasteiger partial charge in [0.1, 0.15) is 18.2 Å². The van der Waals surface area contributed by atoms with E-state index in [-0.39, 0.29) is 45.0 Å². The largest absolute Gasteiger partial charge is 0.445 e. The topological polar surface area (TPSA) is 155 Å². The number of alkyl carbamates (subject to hydrolysis) is 2. The van der Waals surface area contributed by atoms with Gasteiger partial charge in [0.15, 0.2) is 0 Å². The lowest BCUT2D eigenvalue weighted by Crippen LogP contribution is -2.54. The fraction of sp³-hybridized carbons (Fsp3) is 0.439. The number of hydrogen-bond donors (Lipinski definition) is 4. The summed E-state index contributed by atoms with van der Waals surface area (Å²) in [4.78, 5) is 66.1. The van der Waals surface area contributed by atoms with Crippen molar-refractivity contribution >= 4 is 35.6 Å². The number of rotatable bonds is 20. The van der Waals surface area contributed by atoms with Crippen LogP contribution >= 0.6 is 0 Å². The summed E-state index contributed by atoms with van der Waals surface area (Å²) in [6.07, 6.45) is 3.57. The molecule has 0 aliphatic rings. The van der Waals surface area contributed by atoms with Crippen LogP contribution < -0.4 is 26.2 Å². The van der Waals surface area contributed by atoms with Gasteiger partial charge >= 0.3 is 12.2 Å². The first-order chi connectivity index (χ1) is 25.4. The third kappa shape index (κ3) is 16.7. The monoisotopic (exact) mass is 729 g/mol. The van der Waals surface area contributed by atoms with E-state index in [0.29, 0.717) is 18.7 Å². The van der Waals surface area contributed by atoms with Gasteiger partial charge in [0, 0.05) is 38.2 Å². The van der Waals surface area contributed by atoms with Crippen molar-refractivity contribution in [1.29, 1.82) is 0 Å². The van der Waals surface area contributed by atoms with Crippen molar-refractivity contribution in [2.45, 2.75) is 90.9 Å². The number of nitrogens with one attached hydrogen (secondary N) is 4. The van der Waals surface area contributed by atoms with E-state index in [0.717, 1.165) is 42.4 Å². The number of amides is 5. The smallest absolute Gasteiger partial charge is 0.407 e. The first kappa shape index (κ1) is 42.0. The molecule has 12 nitrogen and oxygen atoms in total. The van der Waals surface area contributed by atoms with Gasteiger partial charge in [-0.3, -0.25) is 19.3 Å². The maximum absolute atomic E-state index is 14.0. The van der Waals surface area contributed by atoms with Crippen LogP contribution in [0.15, 0.2) is 84.9 Å². The highest BCUT2D eigenvalue weighted by Crippen LogP contribution is 2.24. The lowest BCUT2D eigenvalue weighted by molar-refractivity contribution is -0.127. The summed E-state index contributed by atoms with van der Waals surface area (Å²) in [6, 6.07) is 25.1. The molecule has 0 aliphatic heterocycles. The van der Waals surface area contributed by atoms with Crippen molar-refractivity contribution in [3.05, 3.63) is 102 Å². The van der Waals surface area contributed by atoms with Crippen LogP contribution in [0.1, 0.15) is 76.0 Å². The van der Waals surface area contributed by atoms with Crippen LogP contribution in [-0.4, -0.2) is 67.7 Å². The van der Waals surface area contributed by atoms with Gasteiger partial charge in [0.25, 0.3) is 0 Å². The Balaban J connectivity index is 1.55. The summed E-state index contributed by atoms with van der Waals surface area (Å²) in [5.74, 6) is -1.08. The molecule has 286 valence electrons. The normalized spacial score (nSPS) is 11.5. The second-order valence-electron chi connectivity index (χ2n) is 13.8. The van der Waals surface area contributed by atoms with E-state index in [9.17, 15) is 24.0 Å². The average Bonchev–Trinajstić information content (AvgIpc) is 3.13. The number of benzene rings is 3. The van der Waals surface area contributed by atoms with Gasteiger partial charge in [0.05, 0.1) is 6.54 Å². The summed E-state index contributed by atoms with van der Waals surface area (Å²) in [5, 5.41) is 11.0. The molecule has 3 rings (SSSR count). The van der Waals surface area contributed by atoms with Gasteiger partial charge in [-0.25, -0.2) is 9.59 Å². The van der Waals surface area contributed by atoms with Crippen LogP contribution in [0.25, 0.3) is 0 Å². The number of para-hydroxylation sites is 1. The molecule has 3 aromatic carbocycles. The van der Waals surface area contributed by atoms with Gasteiger partial charge < -0.3 is 30.7 Å². The number of unbranched alkanes of at least 4 members (excludes halogenated alkanes) is 4. The molecule has 0 saturated carbocycles. The van der Waals surface area contributed by atoms with Crippen molar-refractivity contribution in [2.75, 3.05) is 31.1 Å². The number of hydrogen-bond acceptors (Lipinski definition) is 7. The van der Waals surface area contributed by atoms with Crippen molar-refractivity contribution in [3.8, 4) is 0 Å². The van der Waals surface area contributed by atoms with Gasteiger partial charge in [-0.1, -0.05) is 98.1 Å². The van der Waals surface area contributed by atoms with Gasteiger partial charge in [-0.2, -0.15) is 0 Å². The molecule has 0 saturated heterocycles. The summed E-state index contributed by atoms with van der Waals surface area (Å²) >= 11 is 0. The number of ether oxygens (including phenoxy) is 2. The zero-order valence-electron chi connectivity index (χ0n) is 31.5. The highest BCUT2D eigenvalue weighted by molar-refractivity contribution is 6.03. The van der Waals surface area contributed by atoms with Crippen LogP contribution in [0, 0.1) is 6.92 Å². The lowest BCUT2D eigenvalue weighted by atomic mass is 10.0. The molecule has 0 unspecified atom stereocenters. The molecule has 0 fully saturated rings. The minimum atomic E-state index is -0.947. The van der Waals surface area contributed by atoms with Crippen molar-refractivity contribution in [3.63, 3.8) is 0 Å². The Morgan fingerprint density at radius 3 is 1.92 bits per heavy atom. The molecule has 3 aromatic rings. The molecule has 0 radical (unpaired) electrons. The number of carbonyl (C=O) groups excluding carboxylic acids is 5. The number of anilines is 1. The molecular weight excluding hydrogens is 674 g/mol. The van der Waals surface area contributed by atoms with E-state index >= 15 is 0 Å². The minimum absolute atomic E-state index is 0.108. The zero-order chi connectivity index (χ0) is 38.5. The Kier molecular flexibility index (Phi) is 17.9. The predicted molar refractivity (Wildman–Crippen MR) is 205 cm³/mol. The zero-order valence-corrected chi connectivity index (χ0v) is 31.5. The van der Waals surface area contributed by atoms with E-state index in [2.05, 4.69) is 21.3 Å². The second-order valence-corrected chi connectivity index (χ2v) is 13.8. The molecule has 0 aliphatic carbocycles. The lowest BCUT2D eigenvalue weighted by Gasteiger charge is -2.32. The van der Waals surface area contributed by atoms with Crippen LogP contribution in [0.5, 0.6) is 0 Å². The minimum Gasteiger partial charge on any atom is -0.445 e. The molecule has 0 bridgehead atoms. The van der Waals surface area contributed by atoms with Gasteiger partial charge in [0.2, 0.25) is 17.7 Å². The van der Waals surface area contributed by atoms with Crippen LogP contribution in [0.2, 0.25) is 0 Å². The van der Waals surface area contributed by atoms with Crippen LogP contribution in [0.4, 0.5) is 15.3 Å². The maximum Gasteiger partial charge on any atom is 0.407 e. The van der Waals surface area contributed by atoms with Gasteiger partial charge in [-0.05, 0) is 63.3 Å². The SMILES string of the molecule is Cc1ccccc1N(C(=O)CNC(=O)CCCCCCCNC(=O)OC(C)(C)C)[C@@H](Cc1ccccc1)C(=O)NCCNC(=O)OCc1ccccc1. The van der Waals surface area contributed by atoms with Crippen molar-refractivity contribution in [2.24, 2.45) is 0 Å². The Hall–Kier alpha value is -5.39. The third-order valence-corrected chi connectivity index (χ3v) is 8.12. The molecule has 0 aromatic heterocycles. The molecular formula is C41H55N5O7. The number of aryl methyl sites for hydroxylation is 1. The van der Waals surface area contributed by atoms with E-state index in [1.807, 2.05) is 100 Å². The summed E-state index contributed by atoms with van der Waals surface area (Å²) in [5.41, 5.74) is 2.53. The summed E-state index contributed by atoms with van der Waals surface area (Å²) in [6.45, 7) is 7.92. The van der Waals surface area contributed by atoms with Crippen molar-refractivity contribution in [1.82, 2.24) is 21.3 Å². The molecule has 4 N–H and O–H groups in total. The Morgan fingerprint density at radius 2 is 1.25 bits per heavy atom. The highest BCUT2D eigenvalue weighted by Gasteiger charge is 2.32. The average molecular weight is 730 g/mol. The highest BCUT2D eigenvalue weighted by atomic mass is 16.6. The number of nitrogens with zero attached hydrogens (tertiary/aromatic N) is 1. The Morgan fingerprint density at radius 1 is 0.660 bits per heavy atom. The third-order valence-electron chi connectivity index (χ3n) is 8.12. The van der Waals surface area contributed by atoms with E-state index in [1.54, 1.807) is 12.1 Å². The molecule has 53 heavy (non-hydrogen) atoms. The van der Waals surface area contributed by atoms with Crippen molar-refractivity contribution < 1.29 is 33.4 Å². The first-order valence-corrected chi connectivity index (χ1v) is 18.3.